The molecule has 0 saturated carbocycles. The van der Waals surface area contributed by atoms with Crippen LogP contribution in [0, 0.1) is 20.8 Å². The predicted molar refractivity (Wildman–Crippen MR) is 319 cm³/mol. The van der Waals surface area contributed by atoms with Gasteiger partial charge in [-0.05, 0) is 199 Å². The minimum atomic E-state index is -0.00261. The fourth-order valence-electron chi connectivity index (χ4n) is 12.2. The van der Waals surface area contributed by atoms with Crippen molar-refractivity contribution in [2.75, 3.05) is 14.7 Å². The average molecular weight is 964 g/mol. The third-order valence-electron chi connectivity index (χ3n) is 17.0. The van der Waals surface area contributed by atoms with E-state index in [1.165, 1.54) is 101 Å². The van der Waals surface area contributed by atoms with Crippen molar-refractivity contribution >= 4 is 74.3 Å². The Morgan fingerprint density at radius 1 is 0.384 bits per heavy atom. The lowest BCUT2D eigenvalue weighted by Gasteiger charge is -2.48. The van der Waals surface area contributed by atoms with Crippen LogP contribution in [0.1, 0.15) is 174 Å². The average Bonchev–Trinajstić information content (AvgIpc) is 3.29. The fraction of sp³-hybridized carbons (Fsp3) is 0.391. The third kappa shape index (κ3) is 8.73. The zero-order valence-electron chi connectivity index (χ0n) is 48.0. The van der Waals surface area contributed by atoms with Crippen molar-refractivity contribution in [3.8, 4) is 0 Å². The van der Waals surface area contributed by atoms with E-state index in [4.69, 9.17) is 0 Å². The van der Waals surface area contributed by atoms with Gasteiger partial charge in [0.15, 0.2) is 0 Å². The highest BCUT2D eigenvalue weighted by atomic mass is 15.2. The minimum Gasteiger partial charge on any atom is -0.311 e. The Kier molecular flexibility index (Phi) is 11.8. The largest absolute Gasteiger partial charge is 0.311 e. The zero-order valence-corrected chi connectivity index (χ0v) is 48.0. The lowest BCUT2D eigenvalue weighted by Crippen LogP contribution is -2.62. The summed E-state index contributed by atoms with van der Waals surface area (Å²) >= 11 is 0. The molecule has 0 amide bonds. The molecule has 2 aliphatic heterocycles. The molecule has 0 N–H and O–H groups in total. The molecule has 1 aliphatic carbocycles. The van der Waals surface area contributed by atoms with Crippen molar-refractivity contribution in [1.82, 2.24) is 0 Å². The van der Waals surface area contributed by atoms with Crippen molar-refractivity contribution in [3.05, 3.63) is 177 Å². The predicted octanol–water partition coefficient (Wildman–Crippen LogP) is 17.7. The normalized spacial score (nSPS) is 15.9. The van der Waals surface area contributed by atoms with Crippen LogP contribution in [0.2, 0.25) is 0 Å². The van der Waals surface area contributed by atoms with Crippen molar-refractivity contribution in [1.29, 1.82) is 0 Å². The molecule has 0 bridgehead atoms. The van der Waals surface area contributed by atoms with Crippen LogP contribution in [0.5, 0.6) is 0 Å². The summed E-state index contributed by atoms with van der Waals surface area (Å²) in [4.78, 5) is 7.77. The molecule has 0 spiro atoms. The van der Waals surface area contributed by atoms with E-state index in [1.807, 2.05) is 0 Å². The second-order valence-electron chi connectivity index (χ2n) is 27.7. The molecule has 7 aromatic carbocycles. The first-order valence-electron chi connectivity index (χ1n) is 27.3. The third-order valence-corrected chi connectivity index (χ3v) is 17.0. The lowest BCUT2D eigenvalue weighted by atomic mass is 9.33. The molecule has 0 aromatic heterocycles. The Labute approximate surface area is 441 Å². The van der Waals surface area contributed by atoms with Crippen molar-refractivity contribution in [2.45, 2.75) is 177 Å². The van der Waals surface area contributed by atoms with Gasteiger partial charge in [0, 0.05) is 51.2 Å². The molecular formula is C69H82BN3. The molecule has 7 aromatic rings. The second kappa shape index (κ2) is 17.0. The summed E-state index contributed by atoms with van der Waals surface area (Å²) in [5.41, 5.74) is 27.4. The smallest absolute Gasteiger partial charge is 0.252 e. The van der Waals surface area contributed by atoms with E-state index in [2.05, 4.69) is 274 Å². The molecule has 3 nitrogen and oxygen atoms in total. The monoisotopic (exact) mass is 964 g/mol. The number of anilines is 9. The first kappa shape index (κ1) is 50.5. The first-order valence-corrected chi connectivity index (χ1v) is 27.3. The number of benzene rings is 7. The standard InChI is InChI=1S/C69H82BN3/c1-43-36-61-63-62(37-43)73(58-33-25-49(39-45(58)3)67(13,14)15)60-42-54-53(68(16,17)34-35-69(54,18)19)41-56(60)70(63)55-31-30-52(40-59(55)72(61)57-32-24-48(38-44(57)2)66(10,11)12)71(50-26-20-46(21-27-50)64(4,5)6)51-28-22-47(23-29-51)65(7,8)9/h20-33,36-42H,34-35H2,1-19H3. The van der Waals surface area contributed by atoms with Crippen molar-refractivity contribution in [2.24, 2.45) is 0 Å². The van der Waals surface area contributed by atoms with Gasteiger partial charge in [0.25, 0.3) is 6.71 Å². The van der Waals surface area contributed by atoms with E-state index in [0.29, 0.717) is 0 Å². The van der Waals surface area contributed by atoms with Crippen LogP contribution in [0.25, 0.3) is 0 Å². The number of aryl methyl sites for hydroxylation is 3. The SMILES string of the molecule is Cc1cc2c3c(c1)N(c1ccc(C(C)(C)C)cc1C)c1cc4c(cc1B3c1ccc(N(c3ccc(C(C)(C)C)cc3)c3ccc(C(C)(C)C)cc3)cc1N2c1ccc(C(C)(C)C)cc1C)C(C)(C)CCC4(C)C. The molecule has 0 unspecified atom stereocenters. The van der Waals surface area contributed by atoms with Crippen LogP contribution in [0.15, 0.2) is 127 Å². The second-order valence-corrected chi connectivity index (χ2v) is 27.7. The van der Waals surface area contributed by atoms with Gasteiger partial charge in [-0.2, -0.15) is 0 Å². The molecule has 0 fully saturated rings. The summed E-state index contributed by atoms with van der Waals surface area (Å²) in [7, 11) is 0. The molecule has 0 radical (unpaired) electrons. The number of rotatable bonds is 5. The number of fused-ring (bicyclic) bond motifs is 5. The summed E-state index contributed by atoms with van der Waals surface area (Å²) in [6.45, 7) is 44.6. The summed E-state index contributed by atoms with van der Waals surface area (Å²) in [6.07, 6.45) is 2.33. The molecule has 0 atom stereocenters. The van der Waals surface area contributed by atoms with Crippen LogP contribution >= 0.6 is 0 Å². The molecule has 3 aliphatic rings. The highest BCUT2D eigenvalue weighted by molar-refractivity contribution is 7.00. The van der Waals surface area contributed by atoms with Crippen LogP contribution in [0.3, 0.4) is 0 Å². The minimum absolute atomic E-state index is 0.00261. The van der Waals surface area contributed by atoms with Crippen LogP contribution < -0.4 is 31.1 Å². The highest BCUT2D eigenvalue weighted by Crippen LogP contribution is 2.52. The van der Waals surface area contributed by atoms with E-state index in [-0.39, 0.29) is 39.2 Å². The molecule has 2 heterocycles. The molecule has 4 heteroatoms. The maximum absolute atomic E-state index is 2.67. The number of hydrogen-bond acceptors (Lipinski definition) is 3. The van der Waals surface area contributed by atoms with Gasteiger partial charge in [0.05, 0.1) is 0 Å². The summed E-state index contributed by atoms with van der Waals surface area (Å²) in [6, 6.07) is 50.7. The highest BCUT2D eigenvalue weighted by Gasteiger charge is 2.47. The van der Waals surface area contributed by atoms with E-state index >= 15 is 0 Å². The van der Waals surface area contributed by atoms with Crippen LogP contribution in [-0.2, 0) is 32.5 Å². The number of nitrogens with zero attached hydrogens (tertiary/aromatic N) is 3. The summed E-state index contributed by atoms with van der Waals surface area (Å²) in [5.74, 6) is 0. The van der Waals surface area contributed by atoms with E-state index in [9.17, 15) is 0 Å². The quantitative estimate of drug-likeness (QED) is 0.159. The summed E-state index contributed by atoms with van der Waals surface area (Å²) in [5, 5.41) is 0. The van der Waals surface area contributed by atoms with Gasteiger partial charge in [0.1, 0.15) is 0 Å². The molecule has 0 saturated heterocycles. The van der Waals surface area contributed by atoms with Crippen LogP contribution in [0.4, 0.5) is 51.2 Å². The van der Waals surface area contributed by atoms with Gasteiger partial charge >= 0.3 is 0 Å². The lowest BCUT2D eigenvalue weighted by molar-refractivity contribution is 0.332. The van der Waals surface area contributed by atoms with E-state index in [1.54, 1.807) is 0 Å². The van der Waals surface area contributed by atoms with Gasteiger partial charge in [-0.25, -0.2) is 0 Å². The fourth-order valence-corrected chi connectivity index (χ4v) is 12.2. The number of hydrogen-bond donors (Lipinski definition) is 0. The van der Waals surface area contributed by atoms with Gasteiger partial charge < -0.3 is 14.7 Å². The van der Waals surface area contributed by atoms with Gasteiger partial charge in [-0.15, -0.1) is 0 Å². The topological polar surface area (TPSA) is 9.72 Å². The van der Waals surface area contributed by atoms with Gasteiger partial charge in [0.2, 0.25) is 0 Å². The maximum atomic E-state index is 2.67. The zero-order chi connectivity index (χ0) is 52.7. The molecule has 376 valence electrons. The van der Waals surface area contributed by atoms with Crippen molar-refractivity contribution < 1.29 is 0 Å². The Hall–Kier alpha value is -6.00. The Morgan fingerprint density at radius 2 is 0.767 bits per heavy atom. The van der Waals surface area contributed by atoms with Gasteiger partial charge in [-0.1, -0.05) is 171 Å². The van der Waals surface area contributed by atoms with Crippen LogP contribution in [-0.4, -0.2) is 6.71 Å². The Balaban J connectivity index is 1.29. The maximum Gasteiger partial charge on any atom is 0.252 e. The Morgan fingerprint density at radius 3 is 1.18 bits per heavy atom. The first-order chi connectivity index (χ1) is 33.9. The van der Waals surface area contributed by atoms with E-state index < -0.39 is 0 Å². The van der Waals surface area contributed by atoms with Gasteiger partial charge in [-0.3, -0.25) is 0 Å². The molecule has 73 heavy (non-hydrogen) atoms. The van der Waals surface area contributed by atoms with Crippen molar-refractivity contribution in [3.63, 3.8) is 0 Å². The van der Waals surface area contributed by atoms with E-state index in [0.717, 1.165) is 29.9 Å². The molecule has 10 rings (SSSR count). The summed E-state index contributed by atoms with van der Waals surface area (Å²) < 4.78 is 0. The molecular weight excluding hydrogens is 882 g/mol. The Bertz CT molecular complexity index is 3250.